The summed E-state index contributed by atoms with van der Waals surface area (Å²) in [5, 5.41) is 9.79. The van der Waals surface area contributed by atoms with E-state index >= 15 is 0 Å². The standard InChI is InChI=1S/C16H21N5O2/c1-10-14(9-17-11(2)21-10)16(22)18-6-12-4-3-5-23-15(12)13-7-19-20-8-13/h7-9,12,15H,3-6H2,1-2H3,(H,18,22)(H,19,20)/t12-,15+/m0/s1. The maximum absolute atomic E-state index is 12.4. The zero-order chi connectivity index (χ0) is 16.2. The van der Waals surface area contributed by atoms with Crippen molar-refractivity contribution in [1.29, 1.82) is 0 Å². The minimum Gasteiger partial charge on any atom is -0.373 e. The molecule has 3 rings (SSSR count). The Bertz CT molecular complexity index is 671. The highest BCUT2D eigenvalue weighted by molar-refractivity contribution is 5.94. The second-order valence-electron chi connectivity index (χ2n) is 5.85. The molecule has 1 saturated heterocycles. The zero-order valence-corrected chi connectivity index (χ0v) is 13.4. The third-order valence-corrected chi connectivity index (χ3v) is 4.16. The number of carbonyl (C=O) groups is 1. The Morgan fingerprint density at radius 3 is 3.04 bits per heavy atom. The van der Waals surface area contributed by atoms with Crippen molar-refractivity contribution in [2.45, 2.75) is 32.8 Å². The van der Waals surface area contributed by atoms with Gasteiger partial charge in [-0.1, -0.05) is 0 Å². The van der Waals surface area contributed by atoms with E-state index in [1.807, 2.05) is 20.0 Å². The van der Waals surface area contributed by atoms with Gasteiger partial charge in [0.25, 0.3) is 5.91 Å². The zero-order valence-electron chi connectivity index (χ0n) is 13.4. The van der Waals surface area contributed by atoms with Crippen LogP contribution >= 0.6 is 0 Å². The Balaban J connectivity index is 1.65. The summed E-state index contributed by atoms with van der Waals surface area (Å²) in [5.74, 6) is 0.760. The van der Waals surface area contributed by atoms with Gasteiger partial charge in [-0.3, -0.25) is 9.89 Å². The van der Waals surface area contributed by atoms with Crippen LogP contribution in [0.25, 0.3) is 0 Å². The fourth-order valence-corrected chi connectivity index (χ4v) is 2.96. The summed E-state index contributed by atoms with van der Waals surface area (Å²) >= 11 is 0. The minimum absolute atomic E-state index is 0.0295. The fraction of sp³-hybridized carbons (Fsp3) is 0.500. The number of aromatic nitrogens is 4. The number of ether oxygens (including phenoxy) is 1. The lowest BCUT2D eigenvalue weighted by molar-refractivity contribution is -0.0272. The Labute approximate surface area is 134 Å². The van der Waals surface area contributed by atoms with Gasteiger partial charge in [-0.15, -0.1) is 0 Å². The monoisotopic (exact) mass is 315 g/mol. The van der Waals surface area contributed by atoms with E-state index < -0.39 is 0 Å². The molecule has 1 fully saturated rings. The number of amides is 1. The van der Waals surface area contributed by atoms with Crippen LogP contribution in [-0.4, -0.2) is 39.2 Å². The van der Waals surface area contributed by atoms with Gasteiger partial charge in [-0.25, -0.2) is 9.97 Å². The first-order chi connectivity index (χ1) is 11.1. The summed E-state index contributed by atoms with van der Waals surface area (Å²) in [6, 6.07) is 0. The van der Waals surface area contributed by atoms with Crippen LogP contribution in [0, 0.1) is 19.8 Å². The number of aryl methyl sites for hydroxylation is 2. The van der Waals surface area contributed by atoms with E-state index in [0.29, 0.717) is 23.6 Å². The van der Waals surface area contributed by atoms with E-state index in [4.69, 9.17) is 4.74 Å². The van der Waals surface area contributed by atoms with E-state index in [2.05, 4.69) is 25.5 Å². The van der Waals surface area contributed by atoms with Crippen molar-refractivity contribution in [2.24, 2.45) is 5.92 Å². The highest BCUT2D eigenvalue weighted by atomic mass is 16.5. The maximum atomic E-state index is 12.4. The Morgan fingerprint density at radius 2 is 2.30 bits per heavy atom. The number of rotatable bonds is 4. The van der Waals surface area contributed by atoms with Crippen molar-refractivity contribution < 1.29 is 9.53 Å². The van der Waals surface area contributed by atoms with Crippen molar-refractivity contribution in [3.8, 4) is 0 Å². The molecule has 7 heteroatoms. The molecule has 2 atom stereocenters. The number of carbonyl (C=O) groups excluding carboxylic acids is 1. The topological polar surface area (TPSA) is 92.8 Å². The normalized spacial score (nSPS) is 21.1. The van der Waals surface area contributed by atoms with Crippen LogP contribution in [0.5, 0.6) is 0 Å². The average Bonchev–Trinajstić information content (AvgIpc) is 3.07. The molecular weight excluding hydrogens is 294 g/mol. The SMILES string of the molecule is Cc1ncc(C(=O)NC[C@@H]2CCCO[C@H]2c2cn[nH]c2)c(C)n1. The van der Waals surface area contributed by atoms with Crippen LogP contribution in [0.2, 0.25) is 0 Å². The average molecular weight is 315 g/mol. The van der Waals surface area contributed by atoms with Crippen LogP contribution in [0.15, 0.2) is 18.6 Å². The molecule has 1 amide bonds. The van der Waals surface area contributed by atoms with Gasteiger partial charge in [0, 0.05) is 37.0 Å². The molecule has 0 unspecified atom stereocenters. The molecule has 7 nitrogen and oxygen atoms in total. The Kier molecular flexibility index (Phi) is 4.66. The first-order valence-electron chi connectivity index (χ1n) is 7.84. The van der Waals surface area contributed by atoms with Crippen molar-refractivity contribution in [3.63, 3.8) is 0 Å². The van der Waals surface area contributed by atoms with E-state index in [-0.39, 0.29) is 17.9 Å². The summed E-state index contributed by atoms with van der Waals surface area (Å²) in [5.41, 5.74) is 2.24. The maximum Gasteiger partial charge on any atom is 0.254 e. The minimum atomic E-state index is -0.140. The molecular formula is C16H21N5O2. The van der Waals surface area contributed by atoms with Gasteiger partial charge in [0.05, 0.1) is 23.6 Å². The van der Waals surface area contributed by atoms with E-state index in [0.717, 1.165) is 25.0 Å². The van der Waals surface area contributed by atoms with Gasteiger partial charge in [0.1, 0.15) is 5.82 Å². The summed E-state index contributed by atoms with van der Waals surface area (Å²) < 4.78 is 5.88. The van der Waals surface area contributed by atoms with Gasteiger partial charge in [-0.2, -0.15) is 5.10 Å². The van der Waals surface area contributed by atoms with E-state index in [9.17, 15) is 4.79 Å². The molecule has 2 aromatic heterocycles. The lowest BCUT2D eigenvalue weighted by Crippen LogP contribution is -2.35. The quantitative estimate of drug-likeness (QED) is 0.896. The molecule has 2 N–H and O–H groups in total. The fourth-order valence-electron chi connectivity index (χ4n) is 2.96. The van der Waals surface area contributed by atoms with Crippen molar-refractivity contribution >= 4 is 5.91 Å². The van der Waals surface area contributed by atoms with Crippen LogP contribution in [-0.2, 0) is 4.74 Å². The number of nitrogens with zero attached hydrogens (tertiary/aromatic N) is 3. The predicted octanol–water partition coefficient (Wildman–Crippen LogP) is 1.71. The van der Waals surface area contributed by atoms with Gasteiger partial charge < -0.3 is 10.1 Å². The van der Waals surface area contributed by atoms with Crippen molar-refractivity contribution in [2.75, 3.05) is 13.2 Å². The first kappa shape index (κ1) is 15.6. The molecule has 1 aliphatic heterocycles. The van der Waals surface area contributed by atoms with Crippen LogP contribution < -0.4 is 5.32 Å². The molecule has 1 aliphatic rings. The molecule has 0 aliphatic carbocycles. The summed E-state index contributed by atoms with van der Waals surface area (Å²) in [6.45, 7) is 4.93. The molecule has 0 aromatic carbocycles. The molecule has 0 radical (unpaired) electrons. The molecule has 0 spiro atoms. The Hall–Kier alpha value is -2.28. The Morgan fingerprint density at radius 1 is 1.43 bits per heavy atom. The van der Waals surface area contributed by atoms with Crippen LogP contribution in [0.1, 0.15) is 46.4 Å². The van der Waals surface area contributed by atoms with E-state index in [1.54, 1.807) is 12.4 Å². The molecule has 0 saturated carbocycles. The smallest absolute Gasteiger partial charge is 0.254 e. The highest BCUT2D eigenvalue weighted by Crippen LogP contribution is 2.32. The molecule has 122 valence electrons. The third kappa shape index (κ3) is 3.56. The van der Waals surface area contributed by atoms with Crippen molar-refractivity contribution in [3.05, 3.63) is 41.2 Å². The number of hydrogen-bond acceptors (Lipinski definition) is 5. The summed E-state index contributed by atoms with van der Waals surface area (Å²) in [6.07, 6.45) is 7.20. The summed E-state index contributed by atoms with van der Waals surface area (Å²) in [4.78, 5) is 20.7. The van der Waals surface area contributed by atoms with Gasteiger partial charge >= 0.3 is 0 Å². The lowest BCUT2D eigenvalue weighted by atomic mass is 9.91. The molecule has 0 bridgehead atoms. The predicted molar refractivity (Wildman–Crippen MR) is 83.8 cm³/mol. The number of aromatic amines is 1. The molecule has 3 heterocycles. The van der Waals surface area contributed by atoms with Crippen LogP contribution in [0.3, 0.4) is 0 Å². The lowest BCUT2D eigenvalue weighted by Gasteiger charge is -2.31. The number of hydrogen-bond donors (Lipinski definition) is 2. The van der Waals surface area contributed by atoms with Gasteiger partial charge in [-0.05, 0) is 26.7 Å². The van der Waals surface area contributed by atoms with Gasteiger partial charge in [0.2, 0.25) is 0 Å². The van der Waals surface area contributed by atoms with Crippen molar-refractivity contribution in [1.82, 2.24) is 25.5 Å². The molecule has 23 heavy (non-hydrogen) atoms. The van der Waals surface area contributed by atoms with Gasteiger partial charge in [0.15, 0.2) is 0 Å². The second kappa shape index (κ2) is 6.87. The summed E-state index contributed by atoms with van der Waals surface area (Å²) in [7, 11) is 0. The third-order valence-electron chi connectivity index (χ3n) is 4.16. The first-order valence-corrected chi connectivity index (χ1v) is 7.84. The number of H-pyrrole nitrogens is 1. The highest BCUT2D eigenvalue weighted by Gasteiger charge is 2.28. The van der Waals surface area contributed by atoms with E-state index in [1.165, 1.54) is 0 Å². The second-order valence-corrected chi connectivity index (χ2v) is 5.85. The van der Waals surface area contributed by atoms with Crippen LogP contribution in [0.4, 0.5) is 0 Å². The largest absolute Gasteiger partial charge is 0.373 e. The molecule has 2 aromatic rings. The number of nitrogens with one attached hydrogen (secondary N) is 2.